The van der Waals surface area contributed by atoms with Crippen molar-refractivity contribution in [3.05, 3.63) is 11.6 Å². The molecule has 0 aromatic carbocycles. The molecule has 0 rings (SSSR count). The van der Waals surface area contributed by atoms with Crippen LogP contribution in [0.2, 0.25) is 0 Å². The van der Waals surface area contributed by atoms with Crippen LogP contribution in [0.5, 0.6) is 0 Å². The number of hydrogen-bond donors (Lipinski definition) is 1. The summed E-state index contributed by atoms with van der Waals surface area (Å²) in [5, 5.41) is 7.18. The molecule has 1 N–H and O–H groups in total. The van der Waals surface area contributed by atoms with Gasteiger partial charge in [0.05, 0.1) is 0 Å². The SMILES string of the molecule is C/C=C(\C=N)C(CC)CCC. The summed E-state index contributed by atoms with van der Waals surface area (Å²) >= 11 is 0. The zero-order chi connectivity index (χ0) is 8.69. The highest BCUT2D eigenvalue weighted by molar-refractivity contribution is 5.76. The minimum atomic E-state index is 0.613. The molecular formula is C10H19N. The lowest BCUT2D eigenvalue weighted by Crippen LogP contribution is -2.03. The molecule has 0 fully saturated rings. The summed E-state index contributed by atoms with van der Waals surface area (Å²) < 4.78 is 0. The van der Waals surface area contributed by atoms with Gasteiger partial charge in [0.2, 0.25) is 0 Å². The number of hydrogen-bond acceptors (Lipinski definition) is 1. The molecule has 0 aliphatic heterocycles. The highest BCUT2D eigenvalue weighted by Gasteiger charge is 2.07. The van der Waals surface area contributed by atoms with E-state index >= 15 is 0 Å². The van der Waals surface area contributed by atoms with Crippen LogP contribution in [0.4, 0.5) is 0 Å². The van der Waals surface area contributed by atoms with Gasteiger partial charge in [0.15, 0.2) is 0 Å². The van der Waals surface area contributed by atoms with Gasteiger partial charge in [-0.3, -0.25) is 0 Å². The average Bonchev–Trinajstić information content (AvgIpc) is 2.05. The van der Waals surface area contributed by atoms with Crippen LogP contribution in [0.25, 0.3) is 0 Å². The largest absolute Gasteiger partial charge is 0.308 e. The fourth-order valence-electron chi connectivity index (χ4n) is 1.39. The predicted molar refractivity (Wildman–Crippen MR) is 51.2 cm³/mol. The normalized spacial score (nSPS) is 14.6. The van der Waals surface area contributed by atoms with E-state index in [1.165, 1.54) is 24.6 Å². The van der Waals surface area contributed by atoms with Gasteiger partial charge in [0, 0.05) is 6.21 Å². The molecule has 1 unspecified atom stereocenters. The van der Waals surface area contributed by atoms with Gasteiger partial charge < -0.3 is 5.41 Å². The van der Waals surface area contributed by atoms with Gasteiger partial charge in [-0.25, -0.2) is 0 Å². The third kappa shape index (κ3) is 3.35. The van der Waals surface area contributed by atoms with Gasteiger partial charge >= 0.3 is 0 Å². The first-order valence-corrected chi connectivity index (χ1v) is 4.46. The molecule has 0 aliphatic carbocycles. The molecule has 0 saturated heterocycles. The second-order valence-electron chi connectivity index (χ2n) is 2.83. The van der Waals surface area contributed by atoms with Gasteiger partial charge in [-0.05, 0) is 31.3 Å². The summed E-state index contributed by atoms with van der Waals surface area (Å²) in [4.78, 5) is 0. The van der Waals surface area contributed by atoms with Gasteiger partial charge in [0.25, 0.3) is 0 Å². The first-order valence-electron chi connectivity index (χ1n) is 4.46. The molecule has 1 atom stereocenters. The smallest absolute Gasteiger partial charge is 0.0209 e. The summed E-state index contributed by atoms with van der Waals surface area (Å²) in [6, 6.07) is 0. The van der Waals surface area contributed by atoms with E-state index in [4.69, 9.17) is 5.41 Å². The Morgan fingerprint density at radius 3 is 2.36 bits per heavy atom. The maximum absolute atomic E-state index is 7.18. The minimum Gasteiger partial charge on any atom is -0.308 e. The molecule has 0 radical (unpaired) electrons. The van der Waals surface area contributed by atoms with E-state index in [-0.39, 0.29) is 0 Å². The van der Waals surface area contributed by atoms with Gasteiger partial charge in [0.1, 0.15) is 0 Å². The molecule has 0 aromatic rings. The Bertz CT molecular complexity index is 136. The topological polar surface area (TPSA) is 23.9 Å². The van der Waals surface area contributed by atoms with E-state index in [0.717, 1.165) is 6.42 Å². The van der Waals surface area contributed by atoms with Crippen LogP contribution in [0.3, 0.4) is 0 Å². The lowest BCUT2D eigenvalue weighted by atomic mass is 9.92. The highest BCUT2D eigenvalue weighted by Crippen LogP contribution is 2.18. The van der Waals surface area contributed by atoms with Gasteiger partial charge in [-0.15, -0.1) is 0 Å². The average molecular weight is 153 g/mol. The van der Waals surface area contributed by atoms with Crippen LogP contribution >= 0.6 is 0 Å². The van der Waals surface area contributed by atoms with Crippen molar-refractivity contribution in [2.24, 2.45) is 5.92 Å². The predicted octanol–water partition coefficient (Wildman–Crippen LogP) is 3.41. The summed E-state index contributed by atoms with van der Waals surface area (Å²) in [7, 11) is 0. The molecule has 1 heteroatoms. The van der Waals surface area contributed by atoms with Crippen LogP contribution in [0, 0.1) is 11.3 Å². The summed E-state index contributed by atoms with van der Waals surface area (Å²) in [5.41, 5.74) is 1.19. The van der Waals surface area contributed by atoms with E-state index in [1.54, 1.807) is 0 Å². The molecule has 1 nitrogen and oxygen atoms in total. The van der Waals surface area contributed by atoms with Crippen molar-refractivity contribution < 1.29 is 0 Å². The standard InChI is InChI=1S/C10H19N/c1-4-7-9(5-2)10(6-3)8-11/h6,8-9,11H,4-5,7H2,1-3H3/b10-6+,11-8?. The lowest BCUT2D eigenvalue weighted by molar-refractivity contribution is 0.550. The molecule has 64 valence electrons. The Balaban J connectivity index is 4.09. The fourth-order valence-corrected chi connectivity index (χ4v) is 1.39. The highest BCUT2D eigenvalue weighted by atomic mass is 14.3. The Morgan fingerprint density at radius 2 is 2.09 bits per heavy atom. The molecule has 0 aromatic heterocycles. The zero-order valence-corrected chi connectivity index (χ0v) is 7.85. The summed E-state index contributed by atoms with van der Waals surface area (Å²) in [5.74, 6) is 0.613. The van der Waals surface area contributed by atoms with E-state index in [0.29, 0.717) is 5.92 Å². The van der Waals surface area contributed by atoms with Crippen molar-refractivity contribution in [1.29, 1.82) is 5.41 Å². The van der Waals surface area contributed by atoms with Gasteiger partial charge in [-0.1, -0.05) is 26.3 Å². The summed E-state index contributed by atoms with van der Waals surface area (Å²) in [6.07, 6.45) is 7.12. The molecule has 0 saturated carbocycles. The van der Waals surface area contributed by atoms with E-state index in [2.05, 4.69) is 19.9 Å². The van der Waals surface area contributed by atoms with Crippen molar-refractivity contribution in [1.82, 2.24) is 0 Å². The monoisotopic (exact) mass is 153 g/mol. The number of rotatable bonds is 5. The molecule has 0 heterocycles. The Morgan fingerprint density at radius 1 is 1.45 bits per heavy atom. The van der Waals surface area contributed by atoms with Crippen LogP contribution in [-0.2, 0) is 0 Å². The molecule has 0 spiro atoms. The van der Waals surface area contributed by atoms with Crippen LogP contribution in [-0.4, -0.2) is 6.21 Å². The van der Waals surface area contributed by atoms with Crippen molar-refractivity contribution >= 4 is 6.21 Å². The molecule has 0 amide bonds. The lowest BCUT2D eigenvalue weighted by Gasteiger charge is -2.13. The molecule has 0 bridgehead atoms. The van der Waals surface area contributed by atoms with Crippen molar-refractivity contribution in [2.45, 2.75) is 40.0 Å². The van der Waals surface area contributed by atoms with Crippen molar-refractivity contribution in [3.8, 4) is 0 Å². The quantitative estimate of drug-likeness (QED) is 0.585. The third-order valence-corrected chi connectivity index (χ3v) is 2.10. The Hall–Kier alpha value is -0.590. The summed E-state index contributed by atoms with van der Waals surface area (Å²) in [6.45, 7) is 6.39. The third-order valence-electron chi connectivity index (χ3n) is 2.10. The van der Waals surface area contributed by atoms with E-state index in [9.17, 15) is 0 Å². The van der Waals surface area contributed by atoms with Crippen molar-refractivity contribution in [2.75, 3.05) is 0 Å². The fraction of sp³-hybridized carbons (Fsp3) is 0.700. The maximum Gasteiger partial charge on any atom is 0.0209 e. The molecule has 0 aliphatic rings. The van der Waals surface area contributed by atoms with Crippen LogP contribution in [0.15, 0.2) is 11.6 Å². The minimum absolute atomic E-state index is 0.613. The van der Waals surface area contributed by atoms with Gasteiger partial charge in [-0.2, -0.15) is 0 Å². The second-order valence-corrected chi connectivity index (χ2v) is 2.83. The first-order chi connectivity index (χ1) is 5.29. The first kappa shape index (κ1) is 10.4. The van der Waals surface area contributed by atoms with Crippen LogP contribution < -0.4 is 0 Å². The van der Waals surface area contributed by atoms with E-state index < -0.39 is 0 Å². The molecule has 11 heavy (non-hydrogen) atoms. The molecular weight excluding hydrogens is 134 g/mol. The maximum atomic E-state index is 7.18. The number of nitrogens with one attached hydrogen (secondary N) is 1. The van der Waals surface area contributed by atoms with Crippen LogP contribution in [0.1, 0.15) is 40.0 Å². The zero-order valence-electron chi connectivity index (χ0n) is 7.85. The van der Waals surface area contributed by atoms with E-state index in [1.807, 2.05) is 6.92 Å². The number of allylic oxidation sites excluding steroid dienone is 2. The van der Waals surface area contributed by atoms with Crippen molar-refractivity contribution in [3.63, 3.8) is 0 Å². The second kappa shape index (κ2) is 6.14. The Kier molecular flexibility index (Phi) is 5.81. The Labute approximate surface area is 70.0 Å².